The molecule has 5 heterocycles. The first-order chi connectivity index (χ1) is 26.5. The molecule has 2 aromatic rings. The van der Waals surface area contributed by atoms with Crippen molar-refractivity contribution in [1.29, 1.82) is 0 Å². The highest BCUT2D eigenvalue weighted by atomic mass is 16.7. The predicted octanol–water partition coefficient (Wildman–Crippen LogP) is 1.39. The molecule has 56 heavy (non-hydrogen) atoms. The third-order valence-corrected chi connectivity index (χ3v) is 11.7. The molecule has 0 bridgehead atoms. The maximum absolute atomic E-state index is 14.3. The number of aliphatic hydroxyl groups excluding tert-OH is 1. The summed E-state index contributed by atoms with van der Waals surface area (Å²) < 4.78 is 32.9. The van der Waals surface area contributed by atoms with E-state index in [0.29, 0.717) is 50.3 Å². The number of esters is 1. The van der Waals surface area contributed by atoms with E-state index in [1.165, 1.54) is 13.3 Å². The van der Waals surface area contributed by atoms with E-state index in [1.54, 1.807) is 44.2 Å². The quantitative estimate of drug-likeness (QED) is 0.198. The molecule has 1 amide bonds. The fourth-order valence-corrected chi connectivity index (χ4v) is 8.43. The number of carbonyl (C=O) groups is 3. The topological polar surface area (TPSA) is 213 Å². The van der Waals surface area contributed by atoms with E-state index >= 15 is 0 Å². The van der Waals surface area contributed by atoms with E-state index in [9.17, 15) is 19.5 Å². The van der Waals surface area contributed by atoms with Gasteiger partial charge in [-0.1, -0.05) is 26.0 Å². The Morgan fingerprint density at radius 2 is 1.84 bits per heavy atom. The number of nitrogens with zero attached hydrogens (tertiary/aromatic N) is 6. The number of cyclic esters (lactones) is 1. The third kappa shape index (κ3) is 9.54. The van der Waals surface area contributed by atoms with Crippen molar-refractivity contribution in [2.45, 2.75) is 134 Å². The van der Waals surface area contributed by atoms with Gasteiger partial charge in [0.1, 0.15) is 30.1 Å². The number of aliphatic hydroxyl groups is 1. The van der Waals surface area contributed by atoms with Crippen LogP contribution >= 0.6 is 0 Å². The summed E-state index contributed by atoms with van der Waals surface area (Å²) in [6.45, 7) is 14.0. The van der Waals surface area contributed by atoms with E-state index in [-0.39, 0.29) is 24.1 Å². The molecule has 18 heteroatoms. The lowest BCUT2D eigenvalue weighted by atomic mass is 9.78. The lowest BCUT2D eigenvalue weighted by molar-refractivity contribution is -0.297. The van der Waals surface area contributed by atoms with Crippen molar-refractivity contribution in [2.75, 3.05) is 34.3 Å². The first kappa shape index (κ1) is 43.5. The van der Waals surface area contributed by atoms with Crippen molar-refractivity contribution in [3.63, 3.8) is 0 Å². The molecule has 3 saturated heterocycles. The van der Waals surface area contributed by atoms with Gasteiger partial charge < -0.3 is 49.6 Å². The minimum atomic E-state index is -1.19. The van der Waals surface area contributed by atoms with Gasteiger partial charge in [0.05, 0.1) is 48.1 Å². The summed E-state index contributed by atoms with van der Waals surface area (Å²) >= 11 is 0. The van der Waals surface area contributed by atoms with Crippen molar-refractivity contribution in [3.05, 3.63) is 30.6 Å². The molecule has 2 aromatic heterocycles. The van der Waals surface area contributed by atoms with Crippen LogP contribution in [0, 0.1) is 17.8 Å². The molecule has 18 nitrogen and oxygen atoms in total. The monoisotopic (exact) mass is 787 g/mol. The number of alkyl carbamates (subject to hydrolysis) is 1. The summed E-state index contributed by atoms with van der Waals surface area (Å²) in [5, 5.41) is 30.0. The summed E-state index contributed by atoms with van der Waals surface area (Å²) in [6.07, 6.45) is 2.85. The number of Topliss-reactive ketones (excluding diaryl/α,β-unsaturated/α-hetero) is 1. The number of amides is 1. The summed E-state index contributed by atoms with van der Waals surface area (Å²) in [5.41, 5.74) is -0.874. The van der Waals surface area contributed by atoms with E-state index in [2.05, 4.69) is 43.2 Å². The summed E-state index contributed by atoms with van der Waals surface area (Å²) in [4.78, 5) is 50.7. The molecule has 5 rings (SSSR count). The molecule has 3 fully saturated rings. The predicted molar refractivity (Wildman–Crippen MR) is 202 cm³/mol. The Kier molecular flexibility index (Phi) is 14.2. The second-order valence-electron chi connectivity index (χ2n) is 16.3. The van der Waals surface area contributed by atoms with Gasteiger partial charge in [0, 0.05) is 38.2 Å². The van der Waals surface area contributed by atoms with Gasteiger partial charge in [-0.3, -0.25) is 9.59 Å². The molecule has 3 aliphatic rings. The van der Waals surface area contributed by atoms with Crippen LogP contribution in [0.15, 0.2) is 24.9 Å². The molecule has 0 aliphatic carbocycles. The van der Waals surface area contributed by atoms with Crippen LogP contribution in [0.5, 0.6) is 0 Å². The maximum Gasteiger partial charge on any atom is 0.408 e. The number of aromatic nitrogens is 5. The van der Waals surface area contributed by atoms with Crippen molar-refractivity contribution in [2.24, 2.45) is 17.8 Å². The van der Waals surface area contributed by atoms with Gasteiger partial charge >= 0.3 is 12.1 Å². The molecular weight excluding hydrogens is 726 g/mol. The first-order valence-electron chi connectivity index (χ1n) is 19.6. The van der Waals surface area contributed by atoms with Gasteiger partial charge in [-0.2, -0.15) is 0 Å². The van der Waals surface area contributed by atoms with Crippen LogP contribution in [0.4, 0.5) is 4.79 Å². The van der Waals surface area contributed by atoms with Crippen molar-refractivity contribution >= 4 is 17.8 Å². The number of nitrogens with one attached hydrogen (secondary N) is 3. The number of fused-ring (bicyclic) bond motifs is 1. The van der Waals surface area contributed by atoms with Crippen LogP contribution in [0.25, 0.3) is 5.69 Å². The van der Waals surface area contributed by atoms with Gasteiger partial charge in [0.25, 0.3) is 0 Å². The Balaban J connectivity index is 1.38. The Morgan fingerprint density at radius 1 is 1.12 bits per heavy atom. The van der Waals surface area contributed by atoms with Gasteiger partial charge in [-0.15, -0.1) is 5.10 Å². The zero-order valence-electron chi connectivity index (χ0n) is 34.3. The number of ether oxygens (including phenoxy) is 5. The molecular formula is C38H61N9O9. The van der Waals surface area contributed by atoms with E-state index in [4.69, 9.17) is 23.7 Å². The van der Waals surface area contributed by atoms with Gasteiger partial charge in [0.2, 0.25) is 0 Å². The zero-order chi connectivity index (χ0) is 40.9. The van der Waals surface area contributed by atoms with E-state index < -0.39 is 71.5 Å². The zero-order valence-corrected chi connectivity index (χ0v) is 34.3. The van der Waals surface area contributed by atoms with Crippen LogP contribution in [0.3, 0.4) is 0 Å². The van der Waals surface area contributed by atoms with Crippen molar-refractivity contribution < 1.29 is 43.2 Å². The maximum atomic E-state index is 14.3. The molecule has 0 spiro atoms. The molecule has 4 N–H and O–H groups in total. The number of likely N-dealkylation sites (N-methyl/N-ethyl adjacent to an activating group) is 1. The molecule has 0 radical (unpaired) electrons. The number of rotatable bonds is 10. The summed E-state index contributed by atoms with van der Waals surface area (Å²) in [7, 11) is 5.35. The Bertz CT molecular complexity index is 1630. The van der Waals surface area contributed by atoms with Crippen LogP contribution in [0.1, 0.15) is 73.4 Å². The third-order valence-electron chi connectivity index (χ3n) is 11.7. The second kappa shape index (κ2) is 18.3. The van der Waals surface area contributed by atoms with E-state index in [1.807, 2.05) is 39.8 Å². The Morgan fingerprint density at radius 3 is 2.50 bits per heavy atom. The number of methoxy groups -OCH3 is 1. The van der Waals surface area contributed by atoms with Crippen LogP contribution in [0.2, 0.25) is 0 Å². The van der Waals surface area contributed by atoms with Crippen molar-refractivity contribution in [3.8, 4) is 5.69 Å². The molecule has 4 unspecified atom stereocenters. The highest BCUT2D eigenvalue weighted by Gasteiger charge is 2.55. The van der Waals surface area contributed by atoms with Crippen LogP contribution in [-0.4, -0.2) is 147 Å². The fraction of sp³-hybridized carbons (Fsp3) is 0.763. The number of hydrogen-bond acceptors (Lipinski definition) is 16. The largest absolute Gasteiger partial charge is 0.458 e. The average molecular weight is 788 g/mol. The standard InChI is InChI=1S/C38H61N9O9/c1-11-29-38(7)32(43-36(51)56-38)24(5)42-14-21(2)13-37(6,52-10)33(22(3)30(48)23(4)34(50)54-29)55-35-31(49)28(46(8)9)12-27(53-35)18-39-15-25-19-47(45-44-25)26-16-40-20-41-17-26/h16-17,19-24,27-29,31-33,35,39,42,49H,11-15,18H2,1-10H3,(H,43,51)/t21-,22+,23?,24-,27?,28?,29-,31?,32-,33-,35+,37-,38-/m1/s1. The summed E-state index contributed by atoms with van der Waals surface area (Å²) in [6, 6.07) is -1.12. The minimum Gasteiger partial charge on any atom is -0.458 e. The lowest BCUT2D eigenvalue weighted by Crippen LogP contribution is -2.60. The lowest BCUT2D eigenvalue weighted by Gasteiger charge is -2.47. The number of carbonyl (C=O) groups excluding carboxylic acids is 3. The molecule has 3 aliphatic heterocycles. The van der Waals surface area contributed by atoms with Crippen molar-refractivity contribution in [1.82, 2.24) is 45.8 Å². The number of hydrogen-bond donors (Lipinski definition) is 4. The van der Waals surface area contributed by atoms with E-state index in [0.717, 1.165) is 0 Å². The SMILES string of the molecule is CC[C@H]1OC(=O)C(C)C(=O)[C@H](C)[C@@H](O[C@@H]2OC(CNCc3cn(-c4cncnc4)nn3)CC(N(C)C)C2O)[C@](C)(OC)C[C@@H](C)CN[C@H](C)[C@H]2NC(=O)O[C@@]21C. The highest BCUT2D eigenvalue weighted by Crippen LogP contribution is 2.37. The van der Waals surface area contributed by atoms with Crippen LogP contribution < -0.4 is 16.0 Å². The fourth-order valence-electron chi connectivity index (χ4n) is 8.43. The second-order valence-corrected chi connectivity index (χ2v) is 16.3. The average Bonchev–Trinajstić information content (AvgIpc) is 3.78. The molecule has 13 atom stereocenters. The summed E-state index contributed by atoms with van der Waals surface area (Å²) in [5.74, 6) is -3.25. The molecule has 312 valence electrons. The number of ketones is 1. The highest BCUT2D eigenvalue weighted by molar-refractivity contribution is 6.00. The molecule has 0 saturated carbocycles. The Hall–Kier alpha value is -3.65. The normalized spacial score (nSPS) is 37.6. The smallest absolute Gasteiger partial charge is 0.408 e. The first-order valence-corrected chi connectivity index (χ1v) is 19.6. The van der Waals surface area contributed by atoms with Gasteiger partial charge in [0.15, 0.2) is 17.7 Å². The van der Waals surface area contributed by atoms with Gasteiger partial charge in [-0.25, -0.2) is 19.4 Å². The molecule has 0 aromatic carbocycles. The van der Waals surface area contributed by atoms with Gasteiger partial charge in [-0.05, 0) is 73.5 Å². The minimum absolute atomic E-state index is 0.0152. The Labute approximate surface area is 329 Å². The van der Waals surface area contributed by atoms with Crippen LogP contribution in [-0.2, 0) is 39.8 Å².